The molecule has 110 valence electrons. The van der Waals surface area contributed by atoms with Crippen molar-refractivity contribution in [3.63, 3.8) is 0 Å². The molecule has 0 spiro atoms. The zero-order valence-corrected chi connectivity index (χ0v) is 9.85. The van der Waals surface area contributed by atoms with Gasteiger partial charge in [-0.15, -0.1) is 0 Å². The Kier molecular flexibility index (Phi) is 4.50. The van der Waals surface area contributed by atoms with Crippen molar-refractivity contribution >= 4 is 17.3 Å². The Labute approximate surface area is 110 Å². The molecule has 0 bridgehead atoms. The Morgan fingerprint density at radius 1 is 1.50 bits per heavy atom. The van der Waals surface area contributed by atoms with E-state index < -0.39 is 40.9 Å². The summed E-state index contributed by atoms with van der Waals surface area (Å²) in [6, 6.07) is 2.23. The molecule has 0 saturated heterocycles. The Morgan fingerprint density at radius 2 is 2.10 bits per heavy atom. The Balaban J connectivity index is 3.02. The Hall–Kier alpha value is -2.36. The molecule has 0 aliphatic heterocycles. The Morgan fingerprint density at radius 3 is 2.55 bits per heavy atom. The summed E-state index contributed by atoms with van der Waals surface area (Å²) >= 11 is 0. The fraction of sp³-hybridized carbons (Fsp3) is 0.300. The van der Waals surface area contributed by atoms with Crippen molar-refractivity contribution in [3.8, 4) is 0 Å². The summed E-state index contributed by atoms with van der Waals surface area (Å²) < 4.78 is 38.0. The van der Waals surface area contributed by atoms with Crippen LogP contribution < -0.4 is 11.1 Å². The van der Waals surface area contributed by atoms with E-state index in [2.05, 4.69) is 5.32 Å². The number of nitrogens with zero attached hydrogens (tertiary/aromatic N) is 1. The molecule has 1 amide bonds. The molecule has 0 radical (unpaired) electrons. The number of alkyl halides is 3. The average Bonchev–Trinajstić information content (AvgIpc) is 2.34. The van der Waals surface area contributed by atoms with E-state index in [1.54, 1.807) is 0 Å². The molecule has 0 heterocycles. The number of rotatable bonds is 5. The van der Waals surface area contributed by atoms with E-state index in [9.17, 15) is 28.1 Å². The highest BCUT2D eigenvalue weighted by molar-refractivity contribution is 5.79. The van der Waals surface area contributed by atoms with Crippen LogP contribution in [0, 0.1) is 10.1 Å². The van der Waals surface area contributed by atoms with Crippen LogP contribution in [0.25, 0.3) is 0 Å². The molecule has 1 aromatic carbocycles. The fourth-order valence-electron chi connectivity index (χ4n) is 1.35. The maximum atomic E-state index is 12.7. The van der Waals surface area contributed by atoms with Crippen LogP contribution in [0.1, 0.15) is 5.56 Å². The molecule has 0 aliphatic carbocycles. The van der Waals surface area contributed by atoms with E-state index in [0.29, 0.717) is 12.1 Å². The fourth-order valence-corrected chi connectivity index (χ4v) is 1.35. The number of nitro groups is 1. The lowest BCUT2D eigenvalue weighted by molar-refractivity contribution is -0.388. The van der Waals surface area contributed by atoms with E-state index in [1.165, 1.54) is 0 Å². The van der Waals surface area contributed by atoms with Gasteiger partial charge in [0.2, 0.25) is 5.91 Å². The first-order valence-corrected chi connectivity index (χ1v) is 5.20. The van der Waals surface area contributed by atoms with Crippen molar-refractivity contribution in [2.45, 2.75) is 12.3 Å². The molecule has 0 aliphatic rings. The van der Waals surface area contributed by atoms with Gasteiger partial charge in [-0.25, -0.2) is 0 Å². The van der Waals surface area contributed by atoms with Crippen molar-refractivity contribution in [1.29, 1.82) is 0 Å². The number of primary amides is 1. The van der Waals surface area contributed by atoms with E-state index in [-0.39, 0.29) is 5.69 Å². The van der Waals surface area contributed by atoms with Crippen molar-refractivity contribution < 1.29 is 28.0 Å². The van der Waals surface area contributed by atoms with Gasteiger partial charge in [-0.2, -0.15) is 13.2 Å². The van der Waals surface area contributed by atoms with Gasteiger partial charge in [0.05, 0.1) is 4.92 Å². The molecule has 0 saturated carbocycles. The molecule has 1 rings (SSSR count). The number of carbonyl (C=O) groups excluding carboxylic acids is 1. The van der Waals surface area contributed by atoms with Gasteiger partial charge in [-0.05, 0) is 12.1 Å². The molecule has 1 unspecified atom stereocenters. The number of benzene rings is 1. The number of nitrogens with two attached hydrogens (primary N) is 1. The highest BCUT2D eigenvalue weighted by Crippen LogP contribution is 2.37. The molecule has 0 aromatic heterocycles. The lowest BCUT2D eigenvalue weighted by atomic mass is 10.1. The summed E-state index contributed by atoms with van der Waals surface area (Å²) in [5.41, 5.74) is 2.11. The first-order valence-electron chi connectivity index (χ1n) is 5.20. The summed E-state index contributed by atoms with van der Waals surface area (Å²) in [7, 11) is 0. The third-order valence-corrected chi connectivity index (χ3v) is 2.33. The SMILES string of the molecule is NC(=O)C(O)CNc1ccc([N+](=O)[O-])c(C(F)(F)F)c1. The van der Waals surface area contributed by atoms with Crippen LogP contribution in [0.4, 0.5) is 24.5 Å². The smallest absolute Gasteiger partial charge is 0.382 e. The zero-order valence-electron chi connectivity index (χ0n) is 9.85. The molecule has 4 N–H and O–H groups in total. The van der Waals surface area contributed by atoms with Crippen molar-refractivity contribution in [3.05, 3.63) is 33.9 Å². The number of nitrogens with one attached hydrogen (secondary N) is 1. The molecule has 7 nitrogen and oxygen atoms in total. The van der Waals surface area contributed by atoms with Crippen LogP contribution in [-0.2, 0) is 11.0 Å². The number of hydrogen-bond acceptors (Lipinski definition) is 5. The number of halogens is 3. The van der Waals surface area contributed by atoms with Crippen LogP contribution in [0.3, 0.4) is 0 Å². The lowest BCUT2D eigenvalue weighted by Crippen LogP contribution is -2.34. The van der Waals surface area contributed by atoms with Crippen LogP contribution in [-0.4, -0.2) is 28.6 Å². The number of aliphatic hydroxyl groups is 1. The van der Waals surface area contributed by atoms with Crippen LogP contribution in [0.15, 0.2) is 18.2 Å². The number of nitro benzene ring substituents is 1. The third-order valence-electron chi connectivity index (χ3n) is 2.33. The minimum absolute atomic E-state index is 0.136. The molecule has 20 heavy (non-hydrogen) atoms. The quantitative estimate of drug-likeness (QED) is 0.550. The van der Waals surface area contributed by atoms with Gasteiger partial charge in [-0.1, -0.05) is 0 Å². The highest BCUT2D eigenvalue weighted by Gasteiger charge is 2.38. The minimum Gasteiger partial charge on any atom is -0.382 e. The summed E-state index contributed by atoms with van der Waals surface area (Å²) in [6.45, 7) is -0.412. The maximum absolute atomic E-state index is 12.7. The first kappa shape index (κ1) is 15.7. The topological polar surface area (TPSA) is 118 Å². The van der Waals surface area contributed by atoms with Gasteiger partial charge < -0.3 is 16.2 Å². The second kappa shape index (κ2) is 5.74. The monoisotopic (exact) mass is 293 g/mol. The number of amides is 1. The molecule has 1 aromatic rings. The third kappa shape index (κ3) is 3.82. The van der Waals surface area contributed by atoms with E-state index in [4.69, 9.17) is 10.8 Å². The van der Waals surface area contributed by atoms with E-state index in [0.717, 1.165) is 6.07 Å². The van der Waals surface area contributed by atoms with Crippen molar-refractivity contribution in [2.24, 2.45) is 5.73 Å². The summed E-state index contributed by atoms with van der Waals surface area (Å²) in [5.74, 6) is -1.05. The second-order valence-corrected chi connectivity index (χ2v) is 3.79. The van der Waals surface area contributed by atoms with Gasteiger partial charge in [0.25, 0.3) is 5.69 Å². The molecular weight excluding hydrogens is 283 g/mol. The summed E-state index contributed by atoms with van der Waals surface area (Å²) in [4.78, 5) is 19.9. The molecular formula is C10H10F3N3O4. The van der Waals surface area contributed by atoms with E-state index >= 15 is 0 Å². The zero-order chi connectivity index (χ0) is 15.5. The highest BCUT2D eigenvalue weighted by atomic mass is 19.4. The number of carbonyl (C=O) groups is 1. The first-order chi connectivity index (χ1) is 9.12. The summed E-state index contributed by atoms with van der Waals surface area (Å²) in [6.07, 6.45) is -6.48. The van der Waals surface area contributed by atoms with E-state index in [1.807, 2.05) is 0 Å². The average molecular weight is 293 g/mol. The van der Waals surface area contributed by atoms with Gasteiger partial charge in [0.1, 0.15) is 11.7 Å². The largest absolute Gasteiger partial charge is 0.423 e. The predicted molar refractivity (Wildman–Crippen MR) is 61.8 cm³/mol. The Bertz CT molecular complexity index is 533. The molecule has 0 fully saturated rings. The van der Waals surface area contributed by atoms with Gasteiger partial charge in [-0.3, -0.25) is 14.9 Å². The van der Waals surface area contributed by atoms with Crippen molar-refractivity contribution in [1.82, 2.24) is 0 Å². The lowest BCUT2D eigenvalue weighted by Gasteiger charge is -2.12. The normalized spacial score (nSPS) is 12.8. The van der Waals surface area contributed by atoms with Gasteiger partial charge >= 0.3 is 6.18 Å². The number of hydrogen-bond donors (Lipinski definition) is 3. The van der Waals surface area contributed by atoms with Crippen LogP contribution in [0.2, 0.25) is 0 Å². The summed E-state index contributed by atoms with van der Waals surface area (Å²) in [5, 5.41) is 21.9. The molecule has 10 heteroatoms. The number of aliphatic hydroxyl groups excluding tert-OH is 1. The van der Waals surface area contributed by atoms with Crippen LogP contribution in [0.5, 0.6) is 0 Å². The van der Waals surface area contributed by atoms with Crippen LogP contribution >= 0.6 is 0 Å². The van der Waals surface area contributed by atoms with Gasteiger partial charge in [0.15, 0.2) is 0 Å². The molecule has 1 atom stereocenters. The number of anilines is 1. The minimum atomic E-state index is -4.90. The van der Waals surface area contributed by atoms with Crippen molar-refractivity contribution in [2.75, 3.05) is 11.9 Å². The standard InChI is InChI=1S/C10H10F3N3O4/c11-10(12,13)6-3-5(1-2-7(6)16(19)20)15-4-8(17)9(14)18/h1-3,8,15,17H,4H2,(H2,14,18). The predicted octanol–water partition coefficient (Wildman–Crippen LogP) is 0.872. The van der Waals surface area contributed by atoms with Gasteiger partial charge in [0, 0.05) is 18.3 Å². The maximum Gasteiger partial charge on any atom is 0.423 e. The second-order valence-electron chi connectivity index (χ2n) is 3.79.